The number of carbonyl (C=O) groups is 1. The molecule has 1 amide bonds. The molecule has 2 atom stereocenters. The molecule has 0 spiro atoms. The number of halogens is 3. The Labute approximate surface area is 131 Å². The molecular weight excluding hydrogens is 313 g/mol. The molecule has 0 bridgehead atoms. The zero-order valence-corrected chi connectivity index (χ0v) is 12.3. The summed E-state index contributed by atoms with van der Waals surface area (Å²) in [5.74, 6) is -1.89. The van der Waals surface area contributed by atoms with E-state index in [0.29, 0.717) is 12.8 Å². The molecule has 1 saturated carbocycles. The second-order valence-corrected chi connectivity index (χ2v) is 5.73. The highest BCUT2D eigenvalue weighted by atomic mass is 19.4. The Hall–Kier alpha value is -2.12. The zero-order chi connectivity index (χ0) is 17.0. The van der Waals surface area contributed by atoms with Crippen LogP contribution in [0.4, 0.5) is 18.9 Å². The highest BCUT2D eigenvalue weighted by Gasteiger charge is 2.42. The standard InChI is InChI=1S/C15H17F3N2O3/c16-15(17,18)11-5-3-6-12(9-11)19-14(21)8-10-4-1-2-7-13(10)20(22)23/h1-2,4,7,11-12H,3,5-6,8-9H2,(H,19,21)/t11-,12-/m1/s1. The second-order valence-electron chi connectivity index (χ2n) is 5.73. The molecule has 0 saturated heterocycles. The Morgan fingerprint density at radius 3 is 2.65 bits per heavy atom. The van der Waals surface area contributed by atoms with Gasteiger partial charge in [0.1, 0.15) is 0 Å². The van der Waals surface area contributed by atoms with Gasteiger partial charge in [-0.3, -0.25) is 14.9 Å². The summed E-state index contributed by atoms with van der Waals surface area (Å²) in [6, 6.07) is 5.30. The highest BCUT2D eigenvalue weighted by molar-refractivity contribution is 5.80. The quantitative estimate of drug-likeness (QED) is 0.679. The number of alkyl halides is 3. The number of nitrogens with one attached hydrogen (secondary N) is 1. The summed E-state index contributed by atoms with van der Waals surface area (Å²) in [5, 5.41) is 13.5. The molecular formula is C15H17F3N2O3. The van der Waals surface area contributed by atoms with Crippen molar-refractivity contribution in [2.24, 2.45) is 5.92 Å². The number of rotatable bonds is 4. The van der Waals surface area contributed by atoms with Crippen LogP contribution in [-0.2, 0) is 11.2 Å². The largest absolute Gasteiger partial charge is 0.391 e. The van der Waals surface area contributed by atoms with Gasteiger partial charge >= 0.3 is 6.18 Å². The van der Waals surface area contributed by atoms with Crippen LogP contribution in [0, 0.1) is 16.0 Å². The Kier molecular flexibility index (Phi) is 5.23. The molecule has 23 heavy (non-hydrogen) atoms. The summed E-state index contributed by atoms with van der Waals surface area (Å²) in [7, 11) is 0. The van der Waals surface area contributed by atoms with Crippen molar-refractivity contribution in [3.05, 3.63) is 39.9 Å². The molecule has 1 aliphatic carbocycles. The summed E-state index contributed by atoms with van der Waals surface area (Å²) >= 11 is 0. The summed E-state index contributed by atoms with van der Waals surface area (Å²) < 4.78 is 38.3. The van der Waals surface area contributed by atoms with Gasteiger partial charge < -0.3 is 5.32 Å². The van der Waals surface area contributed by atoms with Crippen LogP contribution in [0.5, 0.6) is 0 Å². The van der Waals surface area contributed by atoms with Gasteiger partial charge in [0.2, 0.25) is 5.91 Å². The van der Waals surface area contributed by atoms with Crippen LogP contribution < -0.4 is 5.32 Å². The van der Waals surface area contributed by atoms with E-state index in [1.165, 1.54) is 18.2 Å². The third kappa shape index (κ3) is 4.67. The molecule has 1 fully saturated rings. The van der Waals surface area contributed by atoms with Gasteiger partial charge in [-0.15, -0.1) is 0 Å². The predicted molar refractivity (Wildman–Crippen MR) is 76.7 cm³/mol. The minimum absolute atomic E-state index is 0.0834. The van der Waals surface area contributed by atoms with E-state index in [0.717, 1.165) is 0 Å². The highest BCUT2D eigenvalue weighted by Crippen LogP contribution is 2.37. The van der Waals surface area contributed by atoms with E-state index in [1.807, 2.05) is 0 Å². The molecule has 0 heterocycles. The first-order valence-electron chi connectivity index (χ1n) is 7.35. The number of nitro benzene ring substituents is 1. The molecule has 1 N–H and O–H groups in total. The Balaban J connectivity index is 1.96. The van der Waals surface area contributed by atoms with Crippen LogP contribution in [0.25, 0.3) is 0 Å². The number of amides is 1. The molecule has 0 aromatic heterocycles. The molecule has 1 aliphatic rings. The fourth-order valence-electron chi connectivity index (χ4n) is 2.91. The summed E-state index contributed by atoms with van der Waals surface area (Å²) in [6.45, 7) is 0. The van der Waals surface area contributed by atoms with E-state index in [4.69, 9.17) is 0 Å². The maximum Gasteiger partial charge on any atom is 0.391 e. The maximum absolute atomic E-state index is 12.8. The Bertz CT molecular complexity index is 590. The number of hydrogen-bond acceptors (Lipinski definition) is 3. The van der Waals surface area contributed by atoms with Gasteiger partial charge in [0.25, 0.3) is 5.69 Å². The smallest absolute Gasteiger partial charge is 0.353 e. The second kappa shape index (κ2) is 6.97. The summed E-state index contributed by atoms with van der Waals surface area (Å²) in [5.41, 5.74) is 0.0812. The van der Waals surface area contributed by atoms with Crippen molar-refractivity contribution < 1.29 is 22.9 Å². The fourth-order valence-corrected chi connectivity index (χ4v) is 2.91. The lowest BCUT2D eigenvalue weighted by Gasteiger charge is -2.31. The van der Waals surface area contributed by atoms with E-state index < -0.39 is 29.0 Å². The normalized spacial score (nSPS) is 21.7. The maximum atomic E-state index is 12.8. The van der Waals surface area contributed by atoms with Crippen LogP contribution in [0.1, 0.15) is 31.2 Å². The van der Waals surface area contributed by atoms with Crippen molar-refractivity contribution in [1.82, 2.24) is 5.32 Å². The number of hydrogen-bond donors (Lipinski definition) is 1. The van der Waals surface area contributed by atoms with E-state index in [1.54, 1.807) is 6.07 Å². The van der Waals surface area contributed by atoms with Crippen LogP contribution >= 0.6 is 0 Å². The molecule has 126 valence electrons. The number of para-hydroxylation sites is 1. The van der Waals surface area contributed by atoms with Gasteiger partial charge in [0.15, 0.2) is 0 Å². The summed E-state index contributed by atoms with van der Waals surface area (Å²) in [4.78, 5) is 22.3. The Morgan fingerprint density at radius 2 is 2.00 bits per heavy atom. The summed E-state index contributed by atoms with van der Waals surface area (Å²) in [6.07, 6.45) is -3.62. The topological polar surface area (TPSA) is 72.2 Å². The number of nitro groups is 1. The number of nitrogens with zero attached hydrogens (tertiary/aromatic N) is 1. The van der Waals surface area contributed by atoms with Gasteiger partial charge in [0.05, 0.1) is 17.3 Å². The van der Waals surface area contributed by atoms with Crippen molar-refractivity contribution in [2.45, 2.75) is 44.3 Å². The molecule has 0 radical (unpaired) electrons. The SMILES string of the molecule is O=C(Cc1ccccc1[N+](=O)[O-])N[C@@H]1CCC[C@@H](C(F)(F)F)C1. The van der Waals surface area contributed by atoms with Gasteiger partial charge in [-0.25, -0.2) is 0 Å². The number of benzene rings is 1. The molecule has 2 rings (SSSR count). The van der Waals surface area contributed by atoms with Crippen molar-refractivity contribution in [3.8, 4) is 0 Å². The Morgan fingerprint density at radius 1 is 1.30 bits per heavy atom. The van der Waals surface area contributed by atoms with Gasteiger partial charge in [-0.05, 0) is 19.3 Å². The van der Waals surface area contributed by atoms with E-state index in [2.05, 4.69) is 5.32 Å². The average Bonchev–Trinajstić information content (AvgIpc) is 2.46. The van der Waals surface area contributed by atoms with Crippen molar-refractivity contribution >= 4 is 11.6 Å². The molecule has 5 nitrogen and oxygen atoms in total. The molecule has 0 aliphatic heterocycles. The first-order chi connectivity index (χ1) is 10.8. The lowest BCUT2D eigenvalue weighted by molar-refractivity contribution is -0.385. The van der Waals surface area contributed by atoms with E-state index >= 15 is 0 Å². The molecule has 1 aromatic carbocycles. The third-order valence-corrected chi connectivity index (χ3v) is 4.04. The first-order valence-corrected chi connectivity index (χ1v) is 7.35. The van der Waals surface area contributed by atoms with E-state index in [-0.39, 0.29) is 30.5 Å². The van der Waals surface area contributed by atoms with Crippen LogP contribution in [0.15, 0.2) is 24.3 Å². The van der Waals surface area contributed by atoms with Gasteiger partial charge in [0, 0.05) is 17.7 Å². The van der Waals surface area contributed by atoms with Crippen molar-refractivity contribution in [1.29, 1.82) is 0 Å². The zero-order valence-electron chi connectivity index (χ0n) is 12.3. The molecule has 0 unspecified atom stereocenters. The van der Waals surface area contributed by atoms with Crippen LogP contribution in [-0.4, -0.2) is 23.0 Å². The van der Waals surface area contributed by atoms with Crippen LogP contribution in [0.2, 0.25) is 0 Å². The fraction of sp³-hybridized carbons (Fsp3) is 0.533. The van der Waals surface area contributed by atoms with Crippen LogP contribution in [0.3, 0.4) is 0 Å². The van der Waals surface area contributed by atoms with Crippen molar-refractivity contribution in [3.63, 3.8) is 0 Å². The molecule has 1 aromatic rings. The lowest BCUT2D eigenvalue weighted by atomic mass is 9.85. The van der Waals surface area contributed by atoms with Gasteiger partial charge in [-0.2, -0.15) is 13.2 Å². The third-order valence-electron chi connectivity index (χ3n) is 4.04. The predicted octanol–water partition coefficient (Wildman–Crippen LogP) is 3.37. The average molecular weight is 330 g/mol. The van der Waals surface area contributed by atoms with Gasteiger partial charge in [-0.1, -0.05) is 24.6 Å². The number of carbonyl (C=O) groups excluding carboxylic acids is 1. The van der Waals surface area contributed by atoms with Crippen molar-refractivity contribution in [2.75, 3.05) is 0 Å². The first kappa shape index (κ1) is 17.2. The molecule has 8 heteroatoms. The minimum Gasteiger partial charge on any atom is -0.353 e. The van der Waals surface area contributed by atoms with E-state index in [9.17, 15) is 28.1 Å². The lowest BCUT2D eigenvalue weighted by Crippen LogP contribution is -2.42. The monoisotopic (exact) mass is 330 g/mol. The minimum atomic E-state index is -4.25.